The van der Waals surface area contributed by atoms with Crippen molar-refractivity contribution in [2.75, 3.05) is 0 Å². The van der Waals surface area contributed by atoms with Gasteiger partial charge in [0.05, 0.1) is 0 Å². The monoisotopic (exact) mass is 676 g/mol. The van der Waals surface area contributed by atoms with Crippen LogP contribution in [0, 0.1) is 53.2 Å². The Hall–Kier alpha value is -4.82. The Labute approximate surface area is 304 Å². The van der Waals surface area contributed by atoms with Crippen LogP contribution < -0.4 is 0 Å². The van der Waals surface area contributed by atoms with Gasteiger partial charge >= 0.3 is 0 Å². The molecule has 0 aromatic heterocycles. The third kappa shape index (κ3) is 8.56. The summed E-state index contributed by atoms with van der Waals surface area (Å²) in [6.07, 6.45) is 8.47. The van der Waals surface area contributed by atoms with Crippen LogP contribution in [0.3, 0.4) is 0 Å². The average Bonchev–Trinajstić information content (AvgIpc) is 3.09. The summed E-state index contributed by atoms with van der Waals surface area (Å²) in [6.45, 7) is 12.7. The standard InChI is InChI=1S/C49H50F2/c1-32-26-40(46-22-18-42(28-34(46)3)48-24-20-44(50)30-36(48)5)16-14-38(32)12-10-8-7-9-11-13-39-15-17-41(27-33(39)2)47-23-19-43(29-35(47)4)49-25-21-45(51)31-37(49)6/h14-31H,7-13H2,1-6H3. The number of halogens is 2. The normalized spacial score (nSPS) is 11.3. The zero-order chi connectivity index (χ0) is 36.1. The summed E-state index contributed by atoms with van der Waals surface area (Å²) in [7, 11) is 0. The van der Waals surface area contributed by atoms with Gasteiger partial charge in [0.1, 0.15) is 11.6 Å². The van der Waals surface area contributed by atoms with E-state index in [1.165, 1.54) is 99.9 Å². The SMILES string of the molecule is Cc1cc(-c2ccc(-c3ccc(F)cc3C)cc2C)ccc1CCCCCCCc1ccc(-c2ccc(-c3ccc(F)cc3C)cc2C)cc1C. The van der Waals surface area contributed by atoms with Crippen LogP contribution in [0.25, 0.3) is 44.5 Å². The minimum atomic E-state index is -0.191. The van der Waals surface area contributed by atoms with Crippen molar-refractivity contribution in [3.05, 3.63) is 165 Å². The highest BCUT2D eigenvalue weighted by Crippen LogP contribution is 2.33. The third-order valence-electron chi connectivity index (χ3n) is 10.7. The molecule has 260 valence electrons. The lowest BCUT2D eigenvalue weighted by atomic mass is 9.91. The molecule has 0 unspecified atom stereocenters. The van der Waals surface area contributed by atoms with E-state index < -0.39 is 0 Å². The van der Waals surface area contributed by atoms with Crippen LogP contribution in [0.2, 0.25) is 0 Å². The van der Waals surface area contributed by atoms with Gasteiger partial charge in [0, 0.05) is 0 Å². The summed E-state index contributed by atoms with van der Waals surface area (Å²) in [5.74, 6) is -0.382. The van der Waals surface area contributed by atoms with Gasteiger partial charge in [-0.05, 0) is 181 Å². The molecule has 6 aromatic rings. The fourth-order valence-electron chi connectivity index (χ4n) is 7.66. The minimum absolute atomic E-state index is 0.191. The summed E-state index contributed by atoms with van der Waals surface area (Å²) in [4.78, 5) is 0. The predicted molar refractivity (Wildman–Crippen MR) is 213 cm³/mol. The van der Waals surface area contributed by atoms with E-state index in [9.17, 15) is 8.78 Å². The number of aryl methyl sites for hydroxylation is 8. The van der Waals surface area contributed by atoms with E-state index in [-0.39, 0.29) is 11.6 Å². The maximum atomic E-state index is 13.6. The van der Waals surface area contributed by atoms with Crippen LogP contribution in [0.15, 0.2) is 109 Å². The summed E-state index contributed by atoms with van der Waals surface area (Å²) in [6, 6.07) is 37.0. The molecule has 0 saturated carbocycles. The molecule has 0 N–H and O–H groups in total. The molecule has 0 atom stereocenters. The molecule has 0 fully saturated rings. The molecule has 0 aliphatic heterocycles. The maximum absolute atomic E-state index is 13.6. The van der Waals surface area contributed by atoms with E-state index in [0.717, 1.165) is 46.2 Å². The Bertz CT molecular complexity index is 2010. The molecule has 0 heterocycles. The van der Waals surface area contributed by atoms with Crippen molar-refractivity contribution < 1.29 is 8.78 Å². The second-order valence-corrected chi connectivity index (χ2v) is 14.5. The van der Waals surface area contributed by atoms with E-state index in [1.54, 1.807) is 12.1 Å². The van der Waals surface area contributed by atoms with E-state index in [0.29, 0.717) is 0 Å². The van der Waals surface area contributed by atoms with Crippen molar-refractivity contribution in [1.29, 1.82) is 0 Å². The minimum Gasteiger partial charge on any atom is -0.207 e. The first-order valence-corrected chi connectivity index (χ1v) is 18.5. The topological polar surface area (TPSA) is 0 Å². The second-order valence-electron chi connectivity index (χ2n) is 14.5. The largest absolute Gasteiger partial charge is 0.207 e. The van der Waals surface area contributed by atoms with E-state index in [4.69, 9.17) is 0 Å². The lowest BCUT2D eigenvalue weighted by Gasteiger charge is -2.14. The summed E-state index contributed by atoms with van der Waals surface area (Å²) in [5.41, 5.74) is 19.4. The highest BCUT2D eigenvalue weighted by Gasteiger charge is 2.11. The molecule has 0 radical (unpaired) electrons. The Morgan fingerprint density at radius 2 is 0.608 bits per heavy atom. The van der Waals surface area contributed by atoms with E-state index >= 15 is 0 Å². The summed E-state index contributed by atoms with van der Waals surface area (Å²) < 4.78 is 27.2. The molecule has 2 heteroatoms. The van der Waals surface area contributed by atoms with Crippen LogP contribution in [0.1, 0.15) is 76.6 Å². The second kappa shape index (κ2) is 16.0. The van der Waals surface area contributed by atoms with Crippen LogP contribution in [0.4, 0.5) is 8.78 Å². The van der Waals surface area contributed by atoms with E-state index in [1.807, 2.05) is 26.0 Å². The summed E-state index contributed by atoms with van der Waals surface area (Å²) >= 11 is 0. The zero-order valence-corrected chi connectivity index (χ0v) is 31.1. The first-order chi connectivity index (χ1) is 24.6. The fourth-order valence-corrected chi connectivity index (χ4v) is 7.66. The smallest absolute Gasteiger partial charge is 0.123 e. The fraction of sp³-hybridized carbons (Fsp3) is 0.265. The first kappa shape index (κ1) is 36.0. The van der Waals surface area contributed by atoms with Crippen molar-refractivity contribution in [3.63, 3.8) is 0 Å². The van der Waals surface area contributed by atoms with Crippen LogP contribution in [-0.2, 0) is 12.8 Å². The molecule has 6 rings (SSSR count). The molecular weight excluding hydrogens is 627 g/mol. The molecule has 0 aliphatic carbocycles. The molecular formula is C49H50F2. The zero-order valence-electron chi connectivity index (χ0n) is 31.1. The van der Waals surface area contributed by atoms with Crippen LogP contribution in [0.5, 0.6) is 0 Å². The maximum Gasteiger partial charge on any atom is 0.123 e. The van der Waals surface area contributed by atoms with Crippen molar-refractivity contribution in [1.82, 2.24) is 0 Å². The predicted octanol–water partition coefficient (Wildman–Crippen LogP) is 14.2. The molecule has 0 nitrogen and oxygen atoms in total. The lowest BCUT2D eigenvalue weighted by molar-refractivity contribution is 0.612. The molecule has 0 aliphatic rings. The Balaban J connectivity index is 0.963. The number of hydrogen-bond donors (Lipinski definition) is 0. The average molecular weight is 677 g/mol. The van der Waals surface area contributed by atoms with Crippen LogP contribution in [-0.4, -0.2) is 0 Å². The van der Waals surface area contributed by atoms with Crippen LogP contribution >= 0.6 is 0 Å². The number of rotatable bonds is 12. The highest BCUT2D eigenvalue weighted by molar-refractivity contribution is 5.77. The Kier molecular flexibility index (Phi) is 11.3. The number of benzene rings is 6. The molecule has 0 saturated heterocycles. The first-order valence-electron chi connectivity index (χ1n) is 18.5. The van der Waals surface area contributed by atoms with Gasteiger partial charge in [-0.1, -0.05) is 104 Å². The van der Waals surface area contributed by atoms with Gasteiger partial charge in [-0.3, -0.25) is 0 Å². The van der Waals surface area contributed by atoms with Gasteiger partial charge in [-0.25, -0.2) is 8.78 Å². The molecule has 0 amide bonds. The van der Waals surface area contributed by atoms with Gasteiger partial charge < -0.3 is 0 Å². The molecule has 0 spiro atoms. The molecule has 51 heavy (non-hydrogen) atoms. The highest BCUT2D eigenvalue weighted by atomic mass is 19.1. The van der Waals surface area contributed by atoms with Crippen molar-refractivity contribution in [2.24, 2.45) is 0 Å². The Morgan fingerprint density at radius 1 is 0.314 bits per heavy atom. The van der Waals surface area contributed by atoms with E-state index in [2.05, 4.69) is 100 Å². The van der Waals surface area contributed by atoms with Gasteiger partial charge in [0.15, 0.2) is 0 Å². The van der Waals surface area contributed by atoms with Crippen molar-refractivity contribution in [2.45, 2.75) is 86.5 Å². The third-order valence-corrected chi connectivity index (χ3v) is 10.7. The molecule has 6 aromatic carbocycles. The Morgan fingerprint density at radius 3 is 0.941 bits per heavy atom. The number of hydrogen-bond acceptors (Lipinski definition) is 0. The quantitative estimate of drug-likeness (QED) is 0.113. The van der Waals surface area contributed by atoms with Crippen molar-refractivity contribution in [3.8, 4) is 44.5 Å². The lowest BCUT2D eigenvalue weighted by Crippen LogP contribution is -1.94. The van der Waals surface area contributed by atoms with Gasteiger partial charge in [-0.15, -0.1) is 0 Å². The van der Waals surface area contributed by atoms with Gasteiger partial charge in [-0.2, -0.15) is 0 Å². The van der Waals surface area contributed by atoms with Gasteiger partial charge in [0.25, 0.3) is 0 Å². The molecule has 0 bridgehead atoms. The number of unbranched alkanes of at least 4 members (excludes halogenated alkanes) is 4. The summed E-state index contributed by atoms with van der Waals surface area (Å²) in [5, 5.41) is 0. The van der Waals surface area contributed by atoms with Gasteiger partial charge in [0.2, 0.25) is 0 Å². The van der Waals surface area contributed by atoms with Crippen molar-refractivity contribution >= 4 is 0 Å².